The predicted molar refractivity (Wildman–Crippen MR) is 64.9 cm³/mol. The summed E-state index contributed by atoms with van der Waals surface area (Å²) >= 11 is 0. The van der Waals surface area contributed by atoms with Crippen molar-refractivity contribution < 1.29 is 0 Å². The van der Waals surface area contributed by atoms with Crippen LogP contribution >= 0.6 is 0 Å². The summed E-state index contributed by atoms with van der Waals surface area (Å²) in [5.41, 5.74) is 3.89. The number of rotatable bonds is 1. The van der Waals surface area contributed by atoms with Crippen molar-refractivity contribution >= 4 is 5.69 Å². The van der Waals surface area contributed by atoms with E-state index in [1.807, 2.05) is 18.7 Å². The number of piperidine rings is 1. The zero-order valence-corrected chi connectivity index (χ0v) is 9.50. The van der Waals surface area contributed by atoms with Crippen LogP contribution in [0.3, 0.4) is 0 Å². The van der Waals surface area contributed by atoms with Gasteiger partial charge in [-0.15, -0.1) is 0 Å². The van der Waals surface area contributed by atoms with E-state index in [2.05, 4.69) is 32.0 Å². The first-order valence-electron chi connectivity index (χ1n) is 6.13. The number of hydrogen-bond acceptors (Lipinski definition) is 3. The van der Waals surface area contributed by atoms with Crippen LogP contribution in [-0.2, 0) is 0 Å². The lowest BCUT2D eigenvalue weighted by Crippen LogP contribution is -2.42. The molecule has 0 spiro atoms. The van der Waals surface area contributed by atoms with Crippen LogP contribution < -0.4 is 4.90 Å². The molecule has 2 atom stereocenters. The molecule has 0 saturated carbocycles. The number of imidazole rings is 1. The minimum atomic E-state index is 0.472. The van der Waals surface area contributed by atoms with Gasteiger partial charge in [0.15, 0.2) is 0 Å². The summed E-state index contributed by atoms with van der Waals surface area (Å²) in [6, 6.07) is 4.66. The Morgan fingerprint density at radius 2 is 2.12 bits per heavy atom. The number of aromatic nitrogens is 3. The number of fused-ring (bicyclic) bond motifs is 2. The lowest BCUT2D eigenvalue weighted by Gasteiger charge is -2.45. The molecule has 2 aliphatic heterocycles. The van der Waals surface area contributed by atoms with Crippen molar-refractivity contribution in [1.82, 2.24) is 15.0 Å². The van der Waals surface area contributed by atoms with Gasteiger partial charge in [0.05, 0.1) is 23.8 Å². The number of hydrogen-bond donors (Lipinski definition) is 1. The van der Waals surface area contributed by atoms with Crippen LogP contribution in [0, 0.1) is 0 Å². The third-order valence-electron chi connectivity index (χ3n) is 4.00. The Labute approximate surface area is 99.7 Å². The standard InChI is InChI=1S/C13H14N4/c1-2-11-13-12(15-8-16-13)9(1)7-17(11)10-3-5-14-6-4-10/h3-6,8-9,11H,1-2,7H2,(H,15,16). The second-order valence-corrected chi connectivity index (χ2v) is 4.85. The topological polar surface area (TPSA) is 44.8 Å². The van der Waals surface area contributed by atoms with Crippen molar-refractivity contribution in [3.8, 4) is 0 Å². The fourth-order valence-electron chi connectivity index (χ4n) is 3.22. The molecule has 86 valence electrons. The van der Waals surface area contributed by atoms with Gasteiger partial charge in [-0.05, 0) is 25.0 Å². The summed E-state index contributed by atoms with van der Waals surface area (Å²) in [5, 5.41) is 0. The number of H-pyrrole nitrogens is 1. The summed E-state index contributed by atoms with van der Waals surface area (Å²) in [4.78, 5) is 14.4. The van der Waals surface area contributed by atoms with Gasteiger partial charge >= 0.3 is 0 Å². The van der Waals surface area contributed by atoms with E-state index in [0.29, 0.717) is 12.0 Å². The first-order valence-corrected chi connectivity index (χ1v) is 6.13. The molecule has 0 amide bonds. The first kappa shape index (κ1) is 9.22. The summed E-state index contributed by atoms with van der Waals surface area (Å²) in [6.45, 7) is 1.09. The van der Waals surface area contributed by atoms with Crippen LogP contribution in [-0.4, -0.2) is 21.5 Å². The lowest BCUT2D eigenvalue weighted by atomic mass is 9.80. The van der Waals surface area contributed by atoms with Gasteiger partial charge in [-0.25, -0.2) is 4.98 Å². The maximum atomic E-state index is 4.47. The quantitative estimate of drug-likeness (QED) is 0.811. The van der Waals surface area contributed by atoms with E-state index in [1.165, 1.54) is 29.9 Å². The maximum absolute atomic E-state index is 4.47. The third-order valence-corrected chi connectivity index (χ3v) is 4.00. The van der Waals surface area contributed by atoms with Crippen molar-refractivity contribution in [3.05, 3.63) is 42.2 Å². The molecule has 3 aliphatic rings. The molecular formula is C13H14N4. The van der Waals surface area contributed by atoms with E-state index in [0.717, 1.165) is 6.54 Å². The molecule has 2 bridgehead atoms. The average Bonchev–Trinajstić information content (AvgIpc) is 2.91. The highest BCUT2D eigenvalue weighted by molar-refractivity contribution is 5.51. The molecule has 2 aromatic rings. The number of pyridine rings is 1. The van der Waals surface area contributed by atoms with Crippen molar-refractivity contribution in [2.45, 2.75) is 24.8 Å². The average molecular weight is 226 g/mol. The monoisotopic (exact) mass is 226 g/mol. The highest BCUT2D eigenvalue weighted by atomic mass is 15.2. The molecule has 1 saturated heterocycles. The van der Waals surface area contributed by atoms with E-state index in [4.69, 9.17) is 0 Å². The fraction of sp³-hybridized carbons (Fsp3) is 0.385. The normalized spacial score (nSPS) is 26.0. The van der Waals surface area contributed by atoms with E-state index in [9.17, 15) is 0 Å². The molecular weight excluding hydrogens is 212 g/mol. The third kappa shape index (κ3) is 1.24. The largest absolute Gasteiger partial charge is 0.362 e. The van der Waals surface area contributed by atoms with Gasteiger partial charge < -0.3 is 9.88 Å². The van der Waals surface area contributed by atoms with E-state index in [1.54, 1.807) is 0 Å². The summed E-state index contributed by atoms with van der Waals surface area (Å²) in [6.07, 6.45) is 8.06. The highest BCUT2D eigenvalue weighted by Gasteiger charge is 2.40. The number of aromatic amines is 1. The molecule has 17 heavy (non-hydrogen) atoms. The van der Waals surface area contributed by atoms with Gasteiger partial charge in [-0.2, -0.15) is 0 Å². The Balaban J connectivity index is 1.79. The van der Waals surface area contributed by atoms with Crippen LogP contribution in [0.4, 0.5) is 5.69 Å². The zero-order valence-electron chi connectivity index (χ0n) is 9.50. The molecule has 4 nitrogen and oxygen atoms in total. The van der Waals surface area contributed by atoms with Crippen LogP contribution in [0.15, 0.2) is 30.9 Å². The molecule has 4 heteroatoms. The van der Waals surface area contributed by atoms with Gasteiger partial charge in [-0.3, -0.25) is 4.98 Å². The van der Waals surface area contributed by atoms with E-state index >= 15 is 0 Å². The first-order chi connectivity index (χ1) is 8.43. The van der Waals surface area contributed by atoms with Gasteiger partial charge in [0.25, 0.3) is 0 Å². The molecule has 2 unspecified atom stereocenters. The molecule has 0 radical (unpaired) electrons. The van der Waals surface area contributed by atoms with E-state index < -0.39 is 0 Å². The molecule has 5 rings (SSSR count). The van der Waals surface area contributed by atoms with Crippen molar-refractivity contribution in [3.63, 3.8) is 0 Å². The summed E-state index contributed by atoms with van der Waals surface area (Å²) < 4.78 is 0. The molecule has 2 aromatic heterocycles. The molecule has 1 aliphatic carbocycles. The maximum Gasteiger partial charge on any atom is 0.0925 e. The minimum Gasteiger partial charge on any atom is -0.362 e. The number of nitrogens with one attached hydrogen (secondary N) is 1. The minimum absolute atomic E-state index is 0.472. The van der Waals surface area contributed by atoms with Gasteiger partial charge in [0.1, 0.15) is 0 Å². The summed E-state index contributed by atoms with van der Waals surface area (Å²) in [5.74, 6) is 0.592. The van der Waals surface area contributed by atoms with Crippen molar-refractivity contribution in [2.75, 3.05) is 11.4 Å². The summed E-state index contributed by atoms with van der Waals surface area (Å²) in [7, 11) is 0. The zero-order chi connectivity index (χ0) is 11.2. The predicted octanol–water partition coefficient (Wildman–Crippen LogP) is 2.24. The fourth-order valence-corrected chi connectivity index (χ4v) is 3.22. The van der Waals surface area contributed by atoms with Crippen LogP contribution in [0.25, 0.3) is 0 Å². The van der Waals surface area contributed by atoms with E-state index in [-0.39, 0.29) is 0 Å². The second kappa shape index (κ2) is 3.32. The second-order valence-electron chi connectivity index (χ2n) is 4.85. The SMILES string of the molecule is c1cc(N2CC3CCC2c2[nH]cnc23)ccn1. The van der Waals surface area contributed by atoms with Crippen molar-refractivity contribution in [1.29, 1.82) is 0 Å². The molecule has 4 heterocycles. The van der Waals surface area contributed by atoms with Crippen LogP contribution in [0.5, 0.6) is 0 Å². The lowest BCUT2D eigenvalue weighted by molar-refractivity contribution is 0.379. The Hall–Kier alpha value is -1.84. The Morgan fingerprint density at radius 1 is 1.24 bits per heavy atom. The van der Waals surface area contributed by atoms with Crippen molar-refractivity contribution in [2.24, 2.45) is 0 Å². The Bertz CT molecular complexity index is 533. The highest BCUT2D eigenvalue weighted by Crippen LogP contribution is 2.46. The number of nitrogens with zero attached hydrogens (tertiary/aromatic N) is 3. The smallest absolute Gasteiger partial charge is 0.0925 e. The van der Waals surface area contributed by atoms with Crippen LogP contribution in [0.1, 0.15) is 36.2 Å². The Morgan fingerprint density at radius 3 is 3.00 bits per heavy atom. The molecule has 1 fully saturated rings. The molecule has 0 aromatic carbocycles. The Kier molecular flexibility index (Phi) is 1.80. The van der Waals surface area contributed by atoms with Gasteiger partial charge in [0.2, 0.25) is 0 Å². The number of anilines is 1. The molecule has 1 N–H and O–H groups in total. The van der Waals surface area contributed by atoms with Gasteiger partial charge in [0, 0.05) is 30.5 Å². The van der Waals surface area contributed by atoms with Gasteiger partial charge in [-0.1, -0.05) is 0 Å². The van der Waals surface area contributed by atoms with Crippen LogP contribution in [0.2, 0.25) is 0 Å².